The van der Waals surface area contributed by atoms with Crippen LogP contribution in [-0.2, 0) is 13.0 Å². The zero-order chi connectivity index (χ0) is 22.8. The molecule has 0 fully saturated rings. The summed E-state index contributed by atoms with van der Waals surface area (Å²) in [5.74, 6) is -1.48. The first-order chi connectivity index (χ1) is 15.4. The molecule has 0 saturated heterocycles. The number of hydrogen-bond donors (Lipinski definition) is 2. The number of amides is 1. The highest BCUT2D eigenvalue weighted by atomic mass is 19.1. The predicted octanol–water partition coefficient (Wildman–Crippen LogP) is 2.45. The van der Waals surface area contributed by atoms with Gasteiger partial charge in [0.05, 0.1) is 17.7 Å². The van der Waals surface area contributed by atoms with Gasteiger partial charge in [0.2, 0.25) is 0 Å². The molecule has 3 aromatic rings. The Morgan fingerprint density at radius 3 is 2.59 bits per heavy atom. The molecule has 0 spiro atoms. The largest absolute Gasteiger partial charge is 0.478 e. The second-order valence-corrected chi connectivity index (χ2v) is 8.14. The fraction of sp³-hybridized carbons (Fsp3) is 0.333. The van der Waals surface area contributed by atoms with Crippen molar-refractivity contribution in [2.75, 3.05) is 39.8 Å². The second-order valence-electron chi connectivity index (χ2n) is 8.14. The molecule has 1 amide bonds. The number of rotatable bonds is 8. The quantitative estimate of drug-likeness (QED) is 0.563. The smallest absolute Gasteiger partial charge is 0.335 e. The van der Waals surface area contributed by atoms with E-state index in [0.717, 1.165) is 16.8 Å². The zero-order valence-electron chi connectivity index (χ0n) is 17.9. The minimum Gasteiger partial charge on any atom is -0.478 e. The van der Waals surface area contributed by atoms with Crippen LogP contribution in [0.1, 0.15) is 32.0 Å². The van der Waals surface area contributed by atoms with E-state index in [0.29, 0.717) is 50.1 Å². The van der Waals surface area contributed by atoms with Crippen LogP contribution in [0.25, 0.3) is 10.9 Å². The van der Waals surface area contributed by atoms with Crippen LogP contribution in [0.2, 0.25) is 0 Å². The van der Waals surface area contributed by atoms with Crippen LogP contribution in [0.4, 0.5) is 4.39 Å². The van der Waals surface area contributed by atoms with Crippen LogP contribution in [0.5, 0.6) is 0 Å². The lowest BCUT2D eigenvalue weighted by molar-refractivity contribution is 0.0693. The summed E-state index contributed by atoms with van der Waals surface area (Å²) >= 11 is 0. The third-order valence-corrected chi connectivity index (χ3v) is 6.03. The maximum absolute atomic E-state index is 14.1. The maximum Gasteiger partial charge on any atom is 0.335 e. The summed E-state index contributed by atoms with van der Waals surface area (Å²) in [6, 6.07) is 11.2. The second kappa shape index (κ2) is 9.10. The zero-order valence-corrected chi connectivity index (χ0v) is 17.9. The number of fused-ring (bicyclic) bond motifs is 3. The van der Waals surface area contributed by atoms with Gasteiger partial charge in [-0.05, 0) is 42.9 Å². The Morgan fingerprint density at radius 2 is 1.91 bits per heavy atom. The van der Waals surface area contributed by atoms with Crippen molar-refractivity contribution in [2.45, 2.75) is 13.0 Å². The molecule has 7 nitrogen and oxygen atoms in total. The number of aromatic carboxylic acids is 1. The fourth-order valence-corrected chi connectivity index (χ4v) is 4.28. The molecule has 1 aliphatic heterocycles. The molecule has 0 bridgehead atoms. The summed E-state index contributed by atoms with van der Waals surface area (Å²) in [6.45, 7) is 2.81. The molecule has 1 aromatic heterocycles. The fourth-order valence-electron chi connectivity index (χ4n) is 4.28. The predicted molar refractivity (Wildman–Crippen MR) is 119 cm³/mol. The number of likely N-dealkylation sites (N-methyl/N-ethyl adjacent to an activating group) is 1. The molecule has 1 aliphatic rings. The molecule has 0 radical (unpaired) electrons. The molecule has 168 valence electrons. The number of benzene rings is 2. The van der Waals surface area contributed by atoms with Crippen molar-refractivity contribution in [2.24, 2.45) is 0 Å². The molecular weight excluding hydrogens is 413 g/mol. The van der Waals surface area contributed by atoms with E-state index in [2.05, 4.69) is 0 Å². The van der Waals surface area contributed by atoms with Crippen LogP contribution in [0, 0.1) is 5.82 Å². The van der Waals surface area contributed by atoms with Crippen molar-refractivity contribution in [3.05, 3.63) is 70.7 Å². The van der Waals surface area contributed by atoms with Gasteiger partial charge >= 0.3 is 5.97 Å². The first-order valence-electron chi connectivity index (χ1n) is 10.6. The Labute approximate surface area is 185 Å². The molecule has 2 aromatic carbocycles. The maximum atomic E-state index is 14.1. The number of aliphatic hydroxyl groups excluding tert-OH is 1. The molecule has 0 unspecified atom stereocenters. The molecule has 0 atom stereocenters. The Balaban J connectivity index is 1.68. The van der Waals surface area contributed by atoms with Crippen LogP contribution in [-0.4, -0.2) is 76.3 Å². The monoisotopic (exact) mass is 439 g/mol. The average Bonchev–Trinajstić information content (AvgIpc) is 3.07. The summed E-state index contributed by atoms with van der Waals surface area (Å²) < 4.78 is 16.1. The van der Waals surface area contributed by atoms with Gasteiger partial charge in [0.25, 0.3) is 5.91 Å². The SMILES string of the molecule is CN(CCO)CCN1CCc2c(c3cc(F)ccc3n2Cc2ccc(C(=O)O)cc2)C1=O. The van der Waals surface area contributed by atoms with Gasteiger partial charge in [-0.15, -0.1) is 0 Å². The van der Waals surface area contributed by atoms with E-state index in [1.165, 1.54) is 12.1 Å². The van der Waals surface area contributed by atoms with Crippen molar-refractivity contribution >= 4 is 22.8 Å². The van der Waals surface area contributed by atoms with E-state index in [1.807, 2.05) is 16.5 Å². The van der Waals surface area contributed by atoms with E-state index >= 15 is 0 Å². The van der Waals surface area contributed by atoms with E-state index < -0.39 is 11.8 Å². The number of aliphatic hydroxyl groups is 1. The highest BCUT2D eigenvalue weighted by Gasteiger charge is 2.31. The number of hydrogen-bond acceptors (Lipinski definition) is 4. The number of aromatic nitrogens is 1. The minimum absolute atomic E-state index is 0.0643. The molecule has 4 rings (SSSR count). The molecule has 2 N–H and O–H groups in total. The van der Waals surface area contributed by atoms with Crippen molar-refractivity contribution < 1.29 is 24.2 Å². The van der Waals surface area contributed by atoms with Crippen LogP contribution in [0.15, 0.2) is 42.5 Å². The normalized spacial score (nSPS) is 13.8. The first kappa shape index (κ1) is 22.0. The van der Waals surface area contributed by atoms with Gasteiger partial charge in [0.15, 0.2) is 0 Å². The van der Waals surface area contributed by atoms with Gasteiger partial charge in [-0.3, -0.25) is 4.79 Å². The van der Waals surface area contributed by atoms with Crippen molar-refractivity contribution in [1.29, 1.82) is 0 Å². The van der Waals surface area contributed by atoms with Crippen molar-refractivity contribution in [3.63, 3.8) is 0 Å². The van der Waals surface area contributed by atoms with Gasteiger partial charge < -0.3 is 24.6 Å². The summed E-state index contributed by atoms with van der Waals surface area (Å²) in [7, 11) is 1.90. The molecule has 8 heteroatoms. The third-order valence-electron chi connectivity index (χ3n) is 6.03. The van der Waals surface area contributed by atoms with E-state index in [4.69, 9.17) is 10.2 Å². The summed E-state index contributed by atoms with van der Waals surface area (Å²) in [6.07, 6.45) is 0.647. The number of carboxylic acids is 1. The molecule has 0 saturated carbocycles. The third kappa shape index (κ3) is 4.24. The topological polar surface area (TPSA) is 86.0 Å². The average molecular weight is 439 g/mol. The van der Waals surface area contributed by atoms with Gasteiger partial charge in [-0.1, -0.05) is 12.1 Å². The highest BCUT2D eigenvalue weighted by molar-refractivity contribution is 6.09. The highest BCUT2D eigenvalue weighted by Crippen LogP contribution is 2.32. The van der Waals surface area contributed by atoms with E-state index in [-0.39, 0.29) is 18.1 Å². The van der Waals surface area contributed by atoms with Crippen molar-refractivity contribution in [3.8, 4) is 0 Å². The molecule has 32 heavy (non-hydrogen) atoms. The lowest BCUT2D eigenvalue weighted by Crippen LogP contribution is -2.42. The molecule has 2 heterocycles. The molecular formula is C24H26FN3O4. The summed E-state index contributed by atoms with van der Waals surface area (Å²) in [5.41, 5.74) is 3.31. The Hall–Kier alpha value is -3.23. The van der Waals surface area contributed by atoms with Gasteiger partial charge in [-0.25, -0.2) is 9.18 Å². The van der Waals surface area contributed by atoms with Crippen LogP contribution in [0.3, 0.4) is 0 Å². The number of nitrogens with zero attached hydrogens (tertiary/aromatic N) is 3. The van der Waals surface area contributed by atoms with Crippen LogP contribution >= 0.6 is 0 Å². The first-order valence-corrected chi connectivity index (χ1v) is 10.6. The lowest BCUT2D eigenvalue weighted by atomic mass is 10.0. The Bertz CT molecular complexity index is 1160. The van der Waals surface area contributed by atoms with Gasteiger partial charge in [0, 0.05) is 55.7 Å². The van der Waals surface area contributed by atoms with Crippen LogP contribution < -0.4 is 0 Å². The van der Waals surface area contributed by atoms with Crippen molar-refractivity contribution in [1.82, 2.24) is 14.4 Å². The standard InChI is InChI=1S/C24H26FN3O4/c1-26(12-13-29)10-11-27-9-8-21-22(23(27)30)19-14-18(25)6-7-20(19)28(21)15-16-2-4-17(5-3-16)24(31)32/h2-7,14,29H,8-13,15H2,1H3,(H,31,32). The number of carboxylic acid groups (broad SMARTS) is 1. The Morgan fingerprint density at radius 1 is 1.16 bits per heavy atom. The number of carbonyl (C=O) groups excluding carboxylic acids is 1. The summed E-state index contributed by atoms with van der Waals surface area (Å²) in [4.78, 5) is 28.2. The van der Waals surface area contributed by atoms with Gasteiger partial charge in [0.1, 0.15) is 5.82 Å². The minimum atomic E-state index is -0.980. The summed E-state index contributed by atoms with van der Waals surface area (Å²) in [5, 5.41) is 18.8. The van der Waals surface area contributed by atoms with Gasteiger partial charge in [-0.2, -0.15) is 0 Å². The number of carbonyl (C=O) groups is 2. The van der Waals surface area contributed by atoms with E-state index in [1.54, 1.807) is 35.2 Å². The lowest BCUT2D eigenvalue weighted by Gasteiger charge is -2.29. The molecule has 0 aliphatic carbocycles. The number of halogens is 1. The van der Waals surface area contributed by atoms with E-state index in [9.17, 15) is 14.0 Å². The Kier molecular flexibility index (Phi) is 6.25.